The Hall–Kier alpha value is -1.19. The summed E-state index contributed by atoms with van der Waals surface area (Å²) in [6, 6.07) is 10.7. The smallest absolute Gasteiger partial charge is 0.262 e. The first-order valence-corrected chi connectivity index (χ1v) is 8.70. The van der Waals surface area contributed by atoms with Gasteiger partial charge in [0, 0.05) is 10.1 Å². The molecular formula is C14H14FIN2O2S. The second-order valence-electron chi connectivity index (χ2n) is 4.37. The average Bonchev–Trinajstić information content (AvgIpc) is 2.43. The van der Waals surface area contributed by atoms with Gasteiger partial charge in [0.25, 0.3) is 10.0 Å². The van der Waals surface area contributed by atoms with Crippen molar-refractivity contribution in [1.29, 1.82) is 0 Å². The standard InChI is InChI=1S/C14H14FIN2O2S/c1-17-9-10-4-2-3-5-14(10)21(19,20)18-13-7-6-11(15)8-12(13)16/h2-8,17-18H,9H2,1H3. The van der Waals surface area contributed by atoms with E-state index in [-0.39, 0.29) is 4.90 Å². The van der Waals surface area contributed by atoms with Gasteiger partial charge in [-0.15, -0.1) is 0 Å². The van der Waals surface area contributed by atoms with Crippen molar-refractivity contribution >= 4 is 38.3 Å². The van der Waals surface area contributed by atoms with Gasteiger partial charge in [0.05, 0.1) is 10.6 Å². The molecule has 0 aliphatic carbocycles. The summed E-state index contributed by atoms with van der Waals surface area (Å²) in [5, 5.41) is 2.94. The highest BCUT2D eigenvalue weighted by atomic mass is 127. The molecule has 0 radical (unpaired) electrons. The van der Waals surface area contributed by atoms with Gasteiger partial charge in [-0.3, -0.25) is 4.72 Å². The molecule has 0 saturated carbocycles. The molecule has 4 nitrogen and oxygen atoms in total. The lowest BCUT2D eigenvalue weighted by Gasteiger charge is -2.13. The van der Waals surface area contributed by atoms with Crippen LogP contribution < -0.4 is 10.0 Å². The first-order valence-electron chi connectivity index (χ1n) is 6.14. The number of anilines is 1. The maximum atomic E-state index is 13.1. The fourth-order valence-electron chi connectivity index (χ4n) is 1.87. The fraction of sp³-hybridized carbons (Fsp3) is 0.143. The van der Waals surface area contributed by atoms with Crippen molar-refractivity contribution < 1.29 is 12.8 Å². The number of nitrogens with one attached hydrogen (secondary N) is 2. The first-order chi connectivity index (χ1) is 9.94. The van der Waals surface area contributed by atoms with E-state index in [9.17, 15) is 12.8 Å². The van der Waals surface area contributed by atoms with Gasteiger partial charge in [-0.05, 0) is 59.5 Å². The molecule has 2 rings (SSSR count). The molecule has 0 unspecified atom stereocenters. The molecule has 21 heavy (non-hydrogen) atoms. The van der Waals surface area contributed by atoms with Crippen LogP contribution in [0.15, 0.2) is 47.4 Å². The van der Waals surface area contributed by atoms with Crippen LogP contribution in [0.25, 0.3) is 0 Å². The average molecular weight is 420 g/mol. The third-order valence-electron chi connectivity index (χ3n) is 2.80. The molecule has 0 bridgehead atoms. The minimum Gasteiger partial charge on any atom is -0.316 e. The molecule has 0 aliphatic heterocycles. The second-order valence-corrected chi connectivity index (χ2v) is 7.18. The van der Waals surface area contributed by atoms with Crippen molar-refractivity contribution in [2.24, 2.45) is 0 Å². The Balaban J connectivity index is 2.39. The summed E-state index contributed by atoms with van der Waals surface area (Å²) < 4.78 is 41.1. The van der Waals surface area contributed by atoms with E-state index in [2.05, 4.69) is 10.0 Å². The third kappa shape index (κ3) is 3.92. The Kier molecular flexibility index (Phi) is 5.17. The van der Waals surface area contributed by atoms with E-state index in [1.165, 1.54) is 18.2 Å². The van der Waals surface area contributed by atoms with Crippen molar-refractivity contribution in [2.75, 3.05) is 11.8 Å². The van der Waals surface area contributed by atoms with Gasteiger partial charge in [0.2, 0.25) is 0 Å². The van der Waals surface area contributed by atoms with Crippen LogP contribution >= 0.6 is 22.6 Å². The van der Waals surface area contributed by atoms with Crippen LogP contribution in [0.5, 0.6) is 0 Å². The molecule has 2 N–H and O–H groups in total. The molecule has 2 aromatic carbocycles. The molecular weight excluding hydrogens is 406 g/mol. The summed E-state index contributed by atoms with van der Waals surface area (Å²) >= 11 is 1.89. The minimum absolute atomic E-state index is 0.208. The van der Waals surface area contributed by atoms with Crippen LogP contribution in [0.2, 0.25) is 0 Å². The highest BCUT2D eigenvalue weighted by Gasteiger charge is 2.19. The quantitative estimate of drug-likeness (QED) is 0.732. The predicted molar refractivity (Wildman–Crippen MR) is 89.1 cm³/mol. The van der Waals surface area contributed by atoms with E-state index in [0.29, 0.717) is 21.4 Å². The van der Waals surface area contributed by atoms with Crippen molar-refractivity contribution in [3.8, 4) is 0 Å². The third-order valence-corrected chi connectivity index (χ3v) is 5.16. The molecule has 0 atom stereocenters. The lowest BCUT2D eigenvalue weighted by molar-refractivity contribution is 0.599. The Bertz CT molecular complexity index is 750. The largest absolute Gasteiger partial charge is 0.316 e. The van der Waals surface area contributed by atoms with E-state index in [1.807, 2.05) is 22.6 Å². The molecule has 0 heterocycles. The zero-order chi connectivity index (χ0) is 15.5. The highest BCUT2D eigenvalue weighted by Crippen LogP contribution is 2.24. The van der Waals surface area contributed by atoms with Gasteiger partial charge in [-0.1, -0.05) is 18.2 Å². The van der Waals surface area contributed by atoms with Crippen molar-refractivity contribution in [2.45, 2.75) is 11.4 Å². The molecule has 112 valence electrons. The number of hydrogen-bond acceptors (Lipinski definition) is 3. The van der Waals surface area contributed by atoms with Crippen LogP contribution in [0.3, 0.4) is 0 Å². The summed E-state index contributed by atoms with van der Waals surface area (Å²) in [6.07, 6.45) is 0. The Labute approximate surface area is 137 Å². The van der Waals surface area contributed by atoms with Crippen LogP contribution in [-0.2, 0) is 16.6 Å². The second kappa shape index (κ2) is 6.71. The van der Waals surface area contributed by atoms with Gasteiger partial charge in [0.15, 0.2) is 0 Å². The van der Waals surface area contributed by atoms with E-state index in [0.717, 1.165) is 0 Å². The molecule has 7 heteroatoms. The van der Waals surface area contributed by atoms with Gasteiger partial charge in [0.1, 0.15) is 5.82 Å². The van der Waals surface area contributed by atoms with Crippen LogP contribution in [0.4, 0.5) is 10.1 Å². The molecule has 0 fully saturated rings. The Morgan fingerprint density at radius 3 is 2.57 bits per heavy atom. The Morgan fingerprint density at radius 1 is 1.19 bits per heavy atom. The number of sulfonamides is 1. The highest BCUT2D eigenvalue weighted by molar-refractivity contribution is 14.1. The number of benzene rings is 2. The van der Waals surface area contributed by atoms with Gasteiger partial charge >= 0.3 is 0 Å². The van der Waals surface area contributed by atoms with Crippen LogP contribution in [0.1, 0.15) is 5.56 Å². The van der Waals surface area contributed by atoms with Crippen LogP contribution in [0, 0.1) is 9.39 Å². The van der Waals surface area contributed by atoms with Crippen molar-refractivity contribution in [1.82, 2.24) is 5.32 Å². The number of halogens is 2. The fourth-order valence-corrected chi connectivity index (χ4v) is 3.99. The summed E-state index contributed by atoms with van der Waals surface area (Å²) in [5.41, 5.74) is 1.03. The zero-order valence-electron chi connectivity index (χ0n) is 11.2. The van der Waals surface area contributed by atoms with E-state index in [4.69, 9.17) is 0 Å². The van der Waals surface area contributed by atoms with Gasteiger partial charge in [-0.2, -0.15) is 0 Å². The van der Waals surface area contributed by atoms with Crippen molar-refractivity contribution in [3.05, 3.63) is 57.4 Å². The maximum Gasteiger partial charge on any atom is 0.262 e. The molecule has 0 aliphatic rings. The van der Waals surface area contributed by atoms with E-state index < -0.39 is 15.8 Å². The van der Waals surface area contributed by atoms with Crippen LogP contribution in [-0.4, -0.2) is 15.5 Å². The maximum absolute atomic E-state index is 13.1. The first kappa shape index (κ1) is 16.2. The van der Waals surface area contributed by atoms with E-state index in [1.54, 1.807) is 31.3 Å². The molecule has 0 amide bonds. The summed E-state index contributed by atoms with van der Waals surface area (Å²) in [7, 11) is -1.97. The lowest BCUT2D eigenvalue weighted by atomic mass is 10.2. The molecule has 0 aromatic heterocycles. The van der Waals surface area contributed by atoms with Gasteiger partial charge < -0.3 is 5.32 Å². The summed E-state index contributed by atoms with van der Waals surface area (Å²) in [5.74, 6) is -0.405. The predicted octanol–water partition coefficient (Wildman–Crippen LogP) is 2.95. The SMILES string of the molecule is CNCc1ccccc1S(=O)(=O)Nc1ccc(F)cc1I. The summed E-state index contributed by atoms with van der Waals surface area (Å²) in [4.78, 5) is 0.208. The van der Waals surface area contributed by atoms with E-state index >= 15 is 0 Å². The Morgan fingerprint density at radius 2 is 1.90 bits per heavy atom. The normalized spacial score (nSPS) is 11.4. The van der Waals surface area contributed by atoms with Gasteiger partial charge in [-0.25, -0.2) is 12.8 Å². The monoisotopic (exact) mass is 420 g/mol. The minimum atomic E-state index is -3.72. The molecule has 2 aromatic rings. The summed E-state index contributed by atoms with van der Waals surface area (Å²) in [6.45, 7) is 0.442. The zero-order valence-corrected chi connectivity index (χ0v) is 14.2. The topological polar surface area (TPSA) is 58.2 Å². The molecule has 0 spiro atoms. The van der Waals surface area contributed by atoms with Crippen molar-refractivity contribution in [3.63, 3.8) is 0 Å². The number of hydrogen-bond donors (Lipinski definition) is 2. The number of rotatable bonds is 5. The lowest BCUT2D eigenvalue weighted by Crippen LogP contribution is -2.17. The molecule has 0 saturated heterocycles.